The Morgan fingerprint density at radius 2 is 1.14 bits per heavy atom. The first kappa shape index (κ1) is 27.4. The average molecular weight is 417 g/mol. The lowest BCUT2D eigenvalue weighted by molar-refractivity contribution is -0.137. The largest absolute Gasteiger partial charge is 0.452 e. The third-order valence-corrected chi connectivity index (χ3v) is 6.65. The van der Waals surface area contributed by atoms with E-state index in [4.69, 9.17) is 4.74 Å². The fourth-order valence-electron chi connectivity index (χ4n) is 3.25. The van der Waals surface area contributed by atoms with Crippen molar-refractivity contribution < 1.29 is 19.0 Å². The van der Waals surface area contributed by atoms with E-state index in [0.717, 1.165) is 19.3 Å². The Hall–Kier alpha value is -0.600. The van der Waals surface area contributed by atoms with Gasteiger partial charge in [0.1, 0.15) is 0 Å². The summed E-state index contributed by atoms with van der Waals surface area (Å²) in [7, 11) is -3.36. The third-order valence-electron chi connectivity index (χ3n) is 5.11. The highest BCUT2D eigenvalue weighted by Gasteiger charge is 2.20. The van der Waals surface area contributed by atoms with Gasteiger partial charge < -0.3 is 9.63 Å². The Labute approximate surface area is 174 Å². The third kappa shape index (κ3) is 18.7. The lowest BCUT2D eigenvalue weighted by Crippen LogP contribution is -2.08. The lowest BCUT2D eigenvalue weighted by Gasteiger charge is -2.12. The minimum Gasteiger partial charge on any atom is -0.452 e. The molecule has 0 aliphatic heterocycles. The second kappa shape index (κ2) is 18.4. The van der Waals surface area contributed by atoms with E-state index in [-0.39, 0.29) is 11.7 Å². The molecule has 0 rings (SSSR count). The van der Waals surface area contributed by atoms with Crippen LogP contribution in [0.1, 0.15) is 117 Å². The summed E-state index contributed by atoms with van der Waals surface area (Å²) in [4.78, 5) is 21.1. The van der Waals surface area contributed by atoms with Crippen LogP contribution in [0.2, 0.25) is 0 Å². The molecule has 1 unspecified atom stereocenters. The van der Waals surface area contributed by atoms with Crippen LogP contribution in [0.25, 0.3) is 0 Å². The monoisotopic (exact) mass is 416 g/mol. The molecule has 0 aliphatic rings. The molecule has 166 valence electrons. The van der Waals surface area contributed by atoms with Gasteiger partial charge >= 0.3 is 5.97 Å². The summed E-state index contributed by atoms with van der Waals surface area (Å²) in [5.74, 6) is -0.596. The van der Waals surface area contributed by atoms with Crippen molar-refractivity contribution in [3.05, 3.63) is 12.2 Å². The van der Waals surface area contributed by atoms with Gasteiger partial charge in [0.15, 0.2) is 6.35 Å². The van der Waals surface area contributed by atoms with Crippen molar-refractivity contribution in [2.75, 3.05) is 12.5 Å². The molecule has 0 aromatic heterocycles. The summed E-state index contributed by atoms with van der Waals surface area (Å²) in [6.07, 6.45) is 20.3. The van der Waals surface area contributed by atoms with Crippen LogP contribution in [0.4, 0.5) is 0 Å². The number of hydrogen-bond acceptors (Lipinski definition) is 3. The fraction of sp³-hybridized carbons (Fsp3) is 0.870. The predicted molar refractivity (Wildman–Crippen MR) is 120 cm³/mol. The van der Waals surface area contributed by atoms with Gasteiger partial charge in [0.05, 0.1) is 0 Å². The molecule has 0 bridgehead atoms. The summed E-state index contributed by atoms with van der Waals surface area (Å²) in [5, 5.41) is 0. The molecule has 0 amide bonds. The number of carbonyl (C=O) groups excluding carboxylic acids is 1. The molecule has 0 spiro atoms. The zero-order valence-electron chi connectivity index (χ0n) is 18.6. The summed E-state index contributed by atoms with van der Waals surface area (Å²) in [6, 6.07) is 0. The molecule has 1 atom stereocenters. The highest BCUT2D eigenvalue weighted by molar-refractivity contribution is 7.57. The molecule has 0 aromatic carbocycles. The van der Waals surface area contributed by atoms with Crippen LogP contribution >= 0.6 is 7.37 Å². The van der Waals surface area contributed by atoms with E-state index in [0.29, 0.717) is 0 Å². The van der Waals surface area contributed by atoms with E-state index in [1.165, 1.54) is 90.4 Å². The van der Waals surface area contributed by atoms with Crippen LogP contribution in [-0.4, -0.2) is 23.4 Å². The molecule has 4 nitrogen and oxygen atoms in total. The van der Waals surface area contributed by atoms with Crippen molar-refractivity contribution in [1.29, 1.82) is 0 Å². The maximum atomic E-state index is 11.9. The van der Waals surface area contributed by atoms with Crippen molar-refractivity contribution >= 4 is 13.3 Å². The predicted octanol–water partition coefficient (Wildman–Crippen LogP) is 7.60. The fourth-order valence-corrected chi connectivity index (χ4v) is 4.42. The van der Waals surface area contributed by atoms with E-state index < -0.39 is 19.7 Å². The van der Waals surface area contributed by atoms with Gasteiger partial charge in [-0.2, -0.15) is 0 Å². The SMILES string of the molecule is C=C(C)C(=O)OCP(=O)(O)CCCCCCCCCCCCCCCCCC. The molecule has 28 heavy (non-hydrogen) atoms. The number of esters is 1. The Bertz CT molecular complexity index is 448. The number of carbonyl (C=O) groups is 1. The van der Waals surface area contributed by atoms with Crippen molar-refractivity contribution in [1.82, 2.24) is 0 Å². The maximum Gasteiger partial charge on any atom is 0.333 e. The van der Waals surface area contributed by atoms with Crippen molar-refractivity contribution in [3.8, 4) is 0 Å². The van der Waals surface area contributed by atoms with Crippen LogP contribution in [0.3, 0.4) is 0 Å². The molecular formula is C23H45O4P. The molecule has 1 N–H and O–H groups in total. The molecular weight excluding hydrogens is 371 g/mol. The molecule has 0 heterocycles. The van der Waals surface area contributed by atoms with Crippen LogP contribution in [0.5, 0.6) is 0 Å². The van der Waals surface area contributed by atoms with Gasteiger partial charge in [-0.25, -0.2) is 4.79 Å². The van der Waals surface area contributed by atoms with Gasteiger partial charge in [0.25, 0.3) is 0 Å². The lowest BCUT2D eigenvalue weighted by atomic mass is 10.0. The summed E-state index contributed by atoms with van der Waals surface area (Å²) >= 11 is 0. The summed E-state index contributed by atoms with van der Waals surface area (Å²) < 4.78 is 16.7. The second-order valence-corrected chi connectivity index (χ2v) is 10.6. The molecule has 0 aromatic rings. The van der Waals surface area contributed by atoms with Gasteiger partial charge in [-0.05, 0) is 13.3 Å². The standard InChI is InChI=1S/C23H45O4P/c1-4-5-6-7-8-9-10-11-12-13-14-15-16-17-18-19-20-28(25,26)21-27-23(24)22(2)3/h2,4-21H2,1,3H3,(H,25,26). The van der Waals surface area contributed by atoms with Crippen LogP contribution in [-0.2, 0) is 14.1 Å². The minimum absolute atomic E-state index is 0.231. The van der Waals surface area contributed by atoms with Gasteiger partial charge in [-0.1, -0.05) is 110 Å². The number of unbranched alkanes of at least 4 members (excludes halogenated alkanes) is 15. The Kier molecular flexibility index (Phi) is 18.0. The molecule has 0 fully saturated rings. The number of rotatable bonds is 20. The number of hydrogen-bond donors (Lipinski definition) is 1. The molecule has 0 saturated heterocycles. The summed E-state index contributed by atoms with van der Waals surface area (Å²) in [5.41, 5.74) is 0.252. The molecule has 0 saturated carbocycles. The first-order valence-corrected chi connectivity index (χ1v) is 13.6. The highest BCUT2D eigenvalue weighted by Crippen LogP contribution is 2.41. The van der Waals surface area contributed by atoms with Crippen LogP contribution < -0.4 is 0 Å². The van der Waals surface area contributed by atoms with Crippen molar-refractivity contribution in [2.24, 2.45) is 0 Å². The Balaban J connectivity index is 3.34. The van der Waals surface area contributed by atoms with E-state index in [1.807, 2.05) is 0 Å². The quantitative estimate of drug-likeness (QED) is 0.0960. The molecule has 0 radical (unpaired) electrons. The van der Waals surface area contributed by atoms with E-state index >= 15 is 0 Å². The Morgan fingerprint density at radius 3 is 1.50 bits per heavy atom. The smallest absolute Gasteiger partial charge is 0.333 e. The highest BCUT2D eigenvalue weighted by atomic mass is 31.2. The molecule has 5 heteroatoms. The first-order chi connectivity index (χ1) is 13.4. The summed E-state index contributed by atoms with van der Waals surface area (Å²) in [6.45, 7) is 7.25. The van der Waals surface area contributed by atoms with Crippen molar-refractivity contribution in [2.45, 2.75) is 117 Å². The minimum atomic E-state index is -3.36. The normalized spacial score (nSPS) is 13.2. The van der Waals surface area contributed by atoms with Gasteiger partial charge in [-0.3, -0.25) is 4.57 Å². The van der Waals surface area contributed by atoms with E-state index in [2.05, 4.69) is 13.5 Å². The second-order valence-electron chi connectivity index (χ2n) is 8.21. The van der Waals surface area contributed by atoms with Gasteiger partial charge in [-0.15, -0.1) is 0 Å². The maximum absolute atomic E-state index is 11.9. The van der Waals surface area contributed by atoms with E-state index in [1.54, 1.807) is 0 Å². The van der Waals surface area contributed by atoms with Crippen molar-refractivity contribution in [3.63, 3.8) is 0 Å². The number of ether oxygens (including phenoxy) is 1. The van der Waals surface area contributed by atoms with E-state index in [9.17, 15) is 14.3 Å². The zero-order chi connectivity index (χ0) is 21.1. The topological polar surface area (TPSA) is 63.6 Å². The zero-order valence-corrected chi connectivity index (χ0v) is 19.4. The van der Waals surface area contributed by atoms with Gasteiger partial charge in [0, 0.05) is 11.7 Å². The van der Waals surface area contributed by atoms with Crippen LogP contribution in [0, 0.1) is 0 Å². The van der Waals surface area contributed by atoms with Crippen LogP contribution in [0.15, 0.2) is 12.2 Å². The first-order valence-electron chi connectivity index (χ1n) is 11.5. The van der Waals surface area contributed by atoms with Gasteiger partial charge in [0.2, 0.25) is 7.37 Å². The Morgan fingerprint density at radius 1 is 0.786 bits per heavy atom. The average Bonchev–Trinajstić information content (AvgIpc) is 2.65. The molecule has 0 aliphatic carbocycles.